The molecule has 0 aromatic carbocycles. The van der Waals surface area contributed by atoms with E-state index < -0.39 is 0 Å². The lowest BCUT2D eigenvalue weighted by Gasteiger charge is -2.11. The van der Waals surface area contributed by atoms with Gasteiger partial charge in [0.2, 0.25) is 0 Å². The van der Waals surface area contributed by atoms with Crippen LogP contribution in [0.5, 0.6) is 0 Å². The van der Waals surface area contributed by atoms with Crippen molar-refractivity contribution in [3.8, 4) is 0 Å². The van der Waals surface area contributed by atoms with E-state index in [9.17, 15) is 0 Å². The highest BCUT2D eigenvalue weighted by Gasteiger charge is 2.13. The molecular formula is C18H30IN5OS. The summed E-state index contributed by atoms with van der Waals surface area (Å²) in [4.78, 5) is 8.95. The van der Waals surface area contributed by atoms with E-state index in [4.69, 9.17) is 4.52 Å². The van der Waals surface area contributed by atoms with E-state index in [1.54, 1.807) is 18.4 Å². The van der Waals surface area contributed by atoms with Gasteiger partial charge in [-0.25, -0.2) is 4.98 Å². The molecule has 0 saturated heterocycles. The highest BCUT2D eigenvalue weighted by molar-refractivity contribution is 14.0. The van der Waals surface area contributed by atoms with Crippen LogP contribution >= 0.6 is 35.3 Å². The predicted octanol–water partition coefficient (Wildman–Crippen LogP) is 3.91. The molecule has 2 rings (SSSR count). The standard InChI is InChI=1S/C18H29N5OS.HI/c1-6-15-14(16(7-2)24-23-15)10-21-18(19-5)20-9-8-13-11-25-17(22-13)12(3)4;/h11-12H,6-10H2,1-5H3,(H2,19,20,21);1H. The van der Waals surface area contributed by atoms with Crippen molar-refractivity contribution in [1.82, 2.24) is 20.8 Å². The SMILES string of the molecule is CCc1noc(CC)c1CNC(=NC)NCCc1csc(C(C)C)n1.I. The summed E-state index contributed by atoms with van der Waals surface area (Å²) in [7, 11) is 1.78. The van der Waals surface area contributed by atoms with Crippen molar-refractivity contribution in [1.29, 1.82) is 0 Å². The van der Waals surface area contributed by atoms with Crippen LogP contribution in [0.3, 0.4) is 0 Å². The Hall–Kier alpha value is -1.16. The largest absolute Gasteiger partial charge is 0.361 e. The van der Waals surface area contributed by atoms with Gasteiger partial charge in [-0.2, -0.15) is 0 Å². The van der Waals surface area contributed by atoms with Gasteiger partial charge >= 0.3 is 0 Å². The second kappa shape index (κ2) is 11.5. The Morgan fingerprint density at radius 3 is 2.62 bits per heavy atom. The Morgan fingerprint density at radius 1 is 1.27 bits per heavy atom. The number of thiazole rings is 1. The zero-order valence-corrected chi connectivity index (χ0v) is 19.4. The number of hydrogen-bond donors (Lipinski definition) is 2. The smallest absolute Gasteiger partial charge is 0.191 e. The zero-order valence-electron chi connectivity index (χ0n) is 16.3. The van der Waals surface area contributed by atoms with Gasteiger partial charge in [-0.15, -0.1) is 35.3 Å². The van der Waals surface area contributed by atoms with Gasteiger partial charge in [0.05, 0.1) is 16.4 Å². The molecule has 146 valence electrons. The van der Waals surface area contributed by atoms with Crippen molar-refractivity contribution in [2.75, 3.05) is 13.6 Å². The van der Waals surface area contributed by atoms with Gasteiger partial charge in [-0.1, -0.05) is 32.9 Å². The van der Waals surface area contributed by atoms with Crippen molar-refractivity contribution in [2.45, 2.75) is 59.4 Å². The quantitative estimate of drug-likeness (QED) is 0.333. The Kier molecular flexibility index (Phi) is 10.1. The average molecular weight is 491 g/mol. The molecule has 6 nitrogen and oxygen atoms in total. The molecule has 2 aromatic rings. The van der Waals surface area contributed by atoms with Crippen molar-refractivity contribution < 1.29 is 4.52 Å². The molecule has 0 spiro atoms. The molecule has 0 saturated carbocycles. The molecule has 26 heavy (non-hydrogen) atoms. The zero-order chi connectivity index (χ0) is 18.2. The van der Waals surface area contributed by atoms with Crippen molar-refractivity contribution >= 4 is 41.3 Å². The van der Waals surface area contributed by atoms with Gasteiger partial charge in [0.25, 0.3) is 0 Å². The molecule has 2 aromatic heterocycles. The molecule has 2 N–H and O–H groups in total. The van der Waals surface area contributed by atoms with Gasteiger partial charge in [-0.05, 0) is 6.42 Å². The predicted molar refractivity (Wildman–Crippen MR) is 119 cm³/mol. The normalized spacial score (nSPS) is 11.5. The number of aromatic nitrogens is 2. The van der Waals surface area contributed by atoms with E-state index >= 15 is 0 Å². The summed E-state index contributed by atoms with van der Waals surface area (Å²) in [5.74, 6) is 2.22. The molecule has 0 amide bonds. The number of halogens is 1. The van der Waals surface area contributed by atoms with Crippen LogP contribution < -0.4 is 10.6 Å². The van der Waals surface area contributed by atoms with Crippen LogP contribution in [-0.4, -0.2) is 29.7 Å². The maximum absolute atomic E-state index is 5.40. The molecule has 0 radical (unpaired) electrons. The number of nitrogens with one attached hydrogen (secondary N) is 2. The van der Waals surface area contributed by atoms with Crippen LogP contribution in [0.15, 0.2) is 14.9 Å². The van der Waals surface area contributed by atoms with E-state index in [2.05, 4.69) is 58.8 Å². The maximum Gasteiger partial charge on any atom is 0.191 e. The highest BCUT2D eigenvalue weighted by Crippen LogP contribution is 2.19. The van der Waals surface area contributed by atoms with Crippen LogP contribution in [0, 0.1) is 0 Å². The molecule has 8 heteroatoms. The summed E-state index contributed by atoms with van der Waals surface area (Å²) in [5.41, 5.74) is 3.30. The first-order chi connectivity index (χ1) is 12.1. The maximum atomic E-state index is 5.40. The molecule has 0 atom stereocenters. The number of rotatable bonds is 8. The molecule has 0 unspecified atom stereocenters. The van der Waals surface area contributed by atoms with Crippen LogP contribution in [0.1, 0.15) is 61.3 Å². The lowest BCUT2D eigenvalue weighted by molar-refractivity contribution is 0.380. The fraction of sp³-hybridized carbons (Fsp3) is 0.611. The lowest BCUT2D eigenvalue weighted by atomic mass is 10.1. The third kappa shape index (κ3) is 6.22. The van der Waals surface area contributed by atoms with Crippen LogP contribution in [0.2, 0.25) is 0 Å². The number of aryl methyl sites for hydroxylation is 2. The Balaban J connectivity index is 0.00000338. The summed E-state index contributed by atoms with van der Waals surface area (Å²) in [6.45, 7) is 9.98. The van der Waals surface area contributed by atoms with Gasteiger partial charge in [0.1, 0.15) is 5.76 Å². The summed E-state index contributed by atoms with van der Waals surface area (Å²) >= 11 is 1.74. The Morgan fingerprint density at radius 2 is 2.04 bits per heavy atom. The third-order valence-corrected chi connectivity index (χ3v) is 5.19. The van der Waals surface area contributed by atoms with E-state index in [-0.39, 0.29) is 24.0 Å². The van der Waals surface area contributed by atoms with E-state index in [1.165, 1.54) is 5.01 Å². The van der Waals surface area contributed by atoms with Crippen molar-refractivity contribution in [3.05, 3.63) is 33.1 Å². The topological polar surface area (TPSA) is 75.3 Å². The first-order valence-corrected chi connectivity index (χ1v) is 9.82. The van der Waals surface area contributed by atoms with Crippen LogP contribution in [0.25, 0.3) is 0 Å². The number of aliphatic imine (C=N–C) groups is 1. The minimum absolute atomic E-state index is 0. The number of guanidine groups is 1. The van der Waals surface area contributed by atoms with Gasteiger partial charge in [0, 0.05) is 49.8 Å². The monoisotopic (exact) mass is 491 g/mol. The van der Waals surface area contributed by atoms with Gasteiger partial charge in [0.15, 0.2) is 5.96 Å². The molecule has 0 aliphatic heterocycles. The average Bonchev–Trinajstić information content (AvgIpc) is 3.24. The minimum atomic E-state index is 0. The molecule has 0 aliphatic rings. The Bertz CT molecular complexity index is 674. The van der Waals surface area contributed by atoms with Crippen LogP contribution in [-0.2, 0) is 25.8 Å². The molecule has 0 fully saturated rings. The van der Waals surface area contributed by atoms with Crippen molar-refractivity contribution in [3.63, 3.8) is 0 Å². The first-order valence-electron chi connectivity index (χ1n) is 8.94. The fourth-order valence-electron chi connectivity index (χ4n) is 2.54. The number of hydrogen-bond acceptors (Lipinski definition) is 5. The second-order valence-corrected chi connectivity index (χ2v) is 7.06. The second-order valence-electron chi connectivity index (χ2n) is 6.17. The minimum Gasteiger partial charge on any atom is -0.361 e. The van der Waals surface area contributed by atoms with Crippen molar-refractivity contribution in [2.24, 2.45) is 4.99 Å². The van der Waals surface area contributed by atoms with Crippen LogP contribution in [0.4, 0.5) is 0 Å². The highest BCUT2D eigenvalue weighted by atomic mass is 127. The molecule has 0 bridgehead atoms. The number of nitrogens with zero attached hydrogens (tertiary/aromatic N) is 3. The lowest BCUT2D eigenvalue weighted by Crippen LogP contribution is -2.38. The summed E-state index contributed by atoms with van der Waals surface area (Å²) in [5, 5.41) is 14.2. The molecule has 2 heterocycles. The van der Waals surface area contributed by atoms with E-state index in [0.29, 0.717) is 12.5 Å². The summed E-state index contributed by atoms with van der Waals surface area (Å²) in [6, 6.07) is 0. The van der Waals surface area contributed by atoms with E-state index in [0.717, 1.165) is 54.5 Å². The molecular weight excluding hydrogens is 461 g/mol. The fourth-order valence-corrected chi connectivity index (χ4v) is 3.41. The summed E-state index contributed by atoms with van der Waals surface area (Å²) in [6.07, 6.45) is 2.60. The first kappa shape index (κ1) is 22.9. The third-order valence-electron chi connectivity index (χ3n) is 4.00. The van der Waals surface area contributed by atoms with E-state index in [1.807, 2.05) is 0 Å². The Labute approximate surface area is 177 Å². The molecule has 0 aliphatic carbocycles. The van der Waals surface area contributed by atoms with Gasteiger partial charge in [-0.3, -0.25) is 4.99 Å². The summed E-state index contributed by atoms with van der Waals surface area (Å²) < 4.78 is 5.40. The van der Waals surface area contributed by atoms with Gasteiger partial charge < -0.3 is 15.2 Å².